The quantitative estimate of drug-likeness (QED) is 0.0261. The number of ether oxygens (including phenoxy) is 3. The number of carbonyl (C=O) groups excluding carboxylic acids is 3. The predicted molar refractivity (Wildman–Crippen MR) is 303 cm³/mol. The summed E-state index contributed by atoms with van der Waals surface area (Å²) in [5.74, 6) is -0.850. The summed E-state index contributed by atoms with van der Waals surface area (Å²) in [6.45, 7) is 6.68. The molecular formula is C64H120O6. The number of hydrogen-bond acceptors (Lipinski definition) is 6. The zero-order chi connectivity index (χ0) is 50.7. The zero-order valence-electron chi connectivity index (χ0n) is 47.3. The van der Waals surface area contributed by atoms with Gasteiger partial charge in [0.2, 0.25) is 0 Å². The SMILES string of the molecule is CCCCCC/C=C\C/C=C\CCCCCCCCCC(=O)OC(COC(=O)CCCCCCCCCCCCCCCC)COC(=O)CCCCCCCCCCCCCCCCCCCCCC. The Balaban J connectivity index is 4.30. The first-order chi connectivity index (χ1) is 34.5. The van der Waals surface area contributed by atoms with Gasteiger partial charge in [-0.25, -0.2) is 0 Å². The number of rotatable bonds is 58. The lowest BCUT2D eigenvalue weighted by Crippen LogP contribution is -2.30. The topological polar surface area (TPSA) is 78.9 Å². The van der Waals surface area contributed by atoms with E-state index in [2.05, 4.69) is 45.1 Å². The van der Waals surface area contributed by atoms with Crippen LogP contribution in [-0.4, -0.2) is 37.2 Å². The molecule has 0 radical (unpaired) electrons. The second-order valence-corrected chi connectivity index (χ2v) is 21.3. The maximum absolute atomic E-state index is 12.9. The number of esters is 3. The normalized spacial score (nSPS) is 12.1. The van der Waals surface area contributed by atoms with Gasteiger partial charge < -0.3 is 14.2 Å². The molecule has 0 aliphatic carbocycles. The summed E-state index contributed by atoms with van der Waals surface area (Å²) in [5.41, 5.74) is 0. The number of allylic oxidation sites excluding steroid dienone is 4. The predicted octanol–water partition coefficient (Wildman–Crippen LogP) is 21.1. The number of carbonyl (C=O) groups is 3. The number of unbranched alkanes of at least 4 members (excludes halogenated alkanes) is 43. The molecule has 0 saturated heterocycles. The molecule has 0 spiro atoms. The molecular weight excluding hydrogens is 865 g/mol. The molecule has 0 rings (SSSR count). The summed E-state index contributed by atoms with van der Waals surface area (Å²) in [6.07, 6.45) is 70.3. The second-order valence-electron chi connectivity index (χ2n) is 21.3. The largest absolute Gasteiger partial charge is 0.462 e. The van der Waals surface area contributed by atoms with Crippen molar-refractivity contribution in [3.05, 3.63) is 24.3 Å². The van der Waals surface area contributed by atoms with Crippen molar-refractivity contribution >= 4 is 17.9 Å². The first kappa shape index (κ1) is 67.9. The third-order valence-electron chi connectivity index (χ3n) is 14.2. The van der Waals surface area contributed by atoms with Crippen molar-refractivity contribution in [3.63, 3.8) is 0 Å². The van der Waals surface area contributed by atoms with E-state index in [-0.39, 0.29) is 31.1 Å². The average molecular weight is 986 g/mol. The van der Waals surface area contributed by atoms with Crippen molar-refractivity contribution < 1.29 is 28.6 Å². The molecule has 1 atom stereocenters. The highest BCUT2D eigenvalue weighted by Crippen LogP contribution is 2.18. The molecule has 70 heavy (non-hydrogen) atoms. The van der Waals surface area contributed by atoms with Crippen molar-refractivity contribution in [1.29, 1.82) is 0 Å². The highest BCUT2D eigenvalue weighted by Gasteiger charge is 2.19. The summed E-state index contributed by atoms with van der Waals surface area (Å²) in [4.78, 5) is 38.3. The van der Waals surface area contributed by atoms with Crippen molar-refractivity contribution in [2.45, 2.75) is 354 Å². The van der Waals surface area contributed by atoms with Gasteiger partial charge in [-0.05, 0) is 51.4 Å². The monoisotopic (exact) mass is 985 g/mol. The van der Waals surface area contributed by atoms with Crippen LogP contribution in [0.15, 0.2) is 24.3 Å². The molecule has 0 aromatic carbocycles. The Kier molecular flexibility index (Phi) is 57.7. The molecule has 0 saturated carbocycles. The van der Waals surface area contributed by atoms with E-state index in [1.54, 1.807) is 0 Å². The van der Waals surface area contributed by atoms with Crippen LogP contribution in [0.5, 0.6) is 0 Å². The lowest BCUT2D eigenvalue weighted by molar-refractivity contribution is -0.167. The minimum absolute atomic E-state index is 0.0685. The Morgan fingerprint density at radius 3 is 0.800 bits per heavy atom. The molecule has 0 bridgehead atoms. The first-order valence-electron chi connectivity index (χ1n) is 31.3. The molecule has 412 valence electrons. The van der Waals surface area contributed by atoms with Crippen LogP contribution in [0.1, 0.15) is 348 Å². The van der Waals surface area contributed by atoms with Gasteiger partial charge in [0.1, 0.15) is 13.2 Å². The van der Waals surface area contributed by atoms with E-state index < -0.39 is 6.10 Å². The fourth-order valence-corrected chi connectivity index (χ4v) is 9.48. The fraction of sp³-hybridized carbons (Fsp3) is 0.891. The third kappa shape index (κ3) is 56.8. The van der Waals surface area contributed by atoms with Gasteiger partial charge in [0, 0.05) is 19.3 Å². The van der Waals surface area contributed by atoms with Crippen molar-refractivity contribution in [2.75, 3.05) is 13.2 Å². The lowest BCUT2D eigenvalue weighted by Gasteiger charge is -2.18. The average Bonchev–Trinajstić information content (AvgIpc) is 3.36. The molecule has 6 nitrogen and oxygen atoms in total. The Bertz CT molecular complexity index is 1130. The van der Waals surface area contributed by atoms with Crippen LogP contribution < -0.4 is 0 Å². The Morgan fingerprint density at radius 2 is 0.514 bits per heavy atom. The molecule has 0 N–H and O–H groups in total. The Morgan fingerprint density at radius 1 is 0.286 bits per heavy atom. The Labute approximate surface area is 436 Å². The molecule has 0 fully saturated rings. The standard InChI is InChI=1S/C64H120O6/c1-4-7-10-13-16-19-22-25-28-30-32-33-35-36-39-42-45-48-51-54-57-63(66)69-60-61(59-68-62(65)56-53-50-47-44-41-38-27-24-21-18-15-12-9-6-3)70-64(67)58-55-52-49-46-43-40-37-34-31-29-26-23-20-17-14-11-8-5-2/h20,23,29,31,61H,4-19,21-22,24-28,30,32-60H2,1-3H3/b23-20-,31-29-. The smallest absolute Gasteiger partial charge is 0.306 e. The molecule has 0 heterocycles. The van der Waals surface area contributed by atoms with E-state index >= 15 is 0 Å². The van der Waals surface area contributed by atoms with Crippen molar-refractivity contribution in [1.82, 2.24) is 0 Å². The van der Waals surface area contributed by atoms with E-state index in [0.717, 1.165) is 70.6 Å². The minimum atomic E-state index is -0.771. The van der Waals surface area contributed by atoms with Crippen molar-refractivity contribution in [3.8, 4) is 0 Å². The molecule has 0 aliphatic heterocycles. The van der Waals surface area contributed by atoms with E-state index in [1.807, 2.05) is 0 Å². The number of hydrogen-bond donors (Lipinski definition) is 0. The van der Waals surface area contributed by atoms with Crippen LogP contribution in [0.3, 0.4) is 0 Å². The third-order valence-corrected chi connectivity index (χ3v) is 14.2. The van der Waals surface area contributed by atoms with Gasteiger partial charge in [-0.15, -0.1) is 0 Å². The summed E-state index contributed by atoms with van der Waals surface area (Å²) in [5, 5.41) is 0. The van der Waals surface area contributed by atoms with Gasteiger partial charge in [-0.3, -0.25) is 14.4 Å². The van der Waals surface area contributed by atoms with E-state index in [4.69, 9.17) is 14.2 Å². The molecule has 0 amide bonds. The highest BCUT2D eigenvalue weighted by atomic mass is 16.6. The first-order valence-corrected chi connectivity index (χ1v) is 31.3. The van der Waals surface area contributed by atoms with E-state index in [9.17, 15) is 14.4 Å². The highest BCUT2D eigenvalue weighted by molar-refractivity contribution is 5.71. The molecule has 6 heteroatoms. The van der Waals surface area contributed by atoms with E-state index in [0.29, 0.717) is 19.3 Å². The lowest BCUT2D eigenvalue weighted by atomic mass is 10.0. The van der Waals surface area contributed by atoms with Crippen LogP contribution in [0.4, 0.5) is 0 Å². The van der Waals surface area contributed by atoms with Crippen LogP contribution in [0.2, 0.25) is 0 Å². The molecule has 1 unspecified atom stereocenters. The van der Waals surface area contributed by atoms with Crippen LogP contribution in [0, 0.1) is 0 Å². The van der Waals surface area contributed by atoms with E-state index in [1.165, 1.54) is 238 Å². The second kappa shape index (κ2) is 59.5. The summed E-state index contributed by atoms with van der Waals surface area (Å²) in [7, 11) is 0. The van der Waals surface area contributed by atoms with Gasteiger partial charge in [0.15, 0.2) is 6.10 Å². The minimum Gasteiger partial charge on any atom is -0.462 e. The maximum atomic E-state index is 12.9. The summed E-state index contributed by atoms with van der Waals surface area (Å²) < 4.78 is 16.9. The molecule has 0 aromatic rings. The van der Waals surface area contributed by atoms with Gasteiger partial charge in [0.25, 0.3) is 0 Å². The van der Waals surface area contributed by atoms with Gasteiger partial charge in [0.05, 0.1) is 0 Å². The van der Waals surface area contributed by atoms with Crippen LogP contribution in [0.25, 0.3) is 0 Å². The van der Waals surface area contributed by atoms with Gasteiger partial charge in [-0.2, -0.15) is 0 Å². The van der Waals surface area contributed by atoms with Gasteiger partial charge in [-0.1, -0.05) is 302 Å². The van der Waals surface area contributed by atoms with Crippen LogP contribution in [-0.2, 0) is 28.6 Å². The zero-order valence-corrected chi connectivity index (χ0v) is 47.3. The summed E-state index contributed by atoms with van der Waals surface area (Å²) in [6, 6.07) is 0. The van der Waals surface area contributed by atoms with Gasteiger partial charge >= 0.3 is 17.9 Å². The van der Waals surface area contributed by atoms with Crippen LogP contribution >= 0.6 is 0 Å². The Hall–Kier alpha value is -2.11. The van der Waals surface area contributed by atoms with Crippen molar-refractivity contribution in [2.24, 2.45) is 0 Å². The fourth-order valence-electron chi connectivity index (χ4n) is 9.48. The molecule has 0 aliphatic rings. The maximum Gasteiger partial charge on any atom is 0.306 e. The molecule has 0 aromatic heterocycles. The summed E-state index contributed by atoms with van der Waals surface area (Å²) >= 11 is 0.